The monoisotopic (exact) mass is 525 g/mol. The number of rotatable bonds is 16. The quantitative estimate of drug-likeness (QED) is 0.154. The smallest absolute Gasteiger partial charge is 0.220 e. The molecule has 0 radical (unpaired) electrons. The van der Waals surface area contributed by atoms with Crippen LogP contribution >= 0.6 is 0 Å². The lowest BCUT2D eigenvalue weighted by molar-refractivity contribution is -0.121. The first-order chi connectivity index (χ1) is 19.1. The van der Waals surface area contributed by atoms with E-state index in [2.05, 4.69) is 78.3 Å². The third-order valence-corrected chi connectivity index (χ3v) is 7.19. The van der Waals surface area contributed by atoms with E-state index in [1.807, 2.05) is 24.3 Å². The fraction of sp³-hybridized carbons (Fsp3) is 0.412. The van der Waals surface area contributed by atoms with Crippen molar-refractivity contribution in [3.05, 3.63) is 95.8 Å². The second kappa shape index (κ2) is 15.1. The van der Waals surface area contributed by atoms with Gasteiger partial charge in [0.2, 0.25) is 5.91 Å². The van der Waals surface area contributed by atoms with Crippen molar-refractivity contribution >= 4 is 16.9 Å². The molecule has 0 saturated heterocycles. The molecule has 0 saturated carbocycles. The molecule has 206 valence electrons. The zero-order valence-corrected chi connectivity index (χ0v) is 23.6. The van der Waals surface area contributed by atoms with Gasteiger partial charge in [-0.05, 0) is 67.3 Å². The van der Waals surface area contributed by atoms with Crippen molar-refractivity contribution in [3.63, 3.8) is 0 Å². The minimum atomic E-state index is 0.136. The fourth-order valence-corrected chi connectivity index (χ4v) is 5.01. The van der Waals surface area contributed by atoms with E-state index >= 15 is 0 Å². The molecule has 1 aromatic heterocycles. The molecule has 0 aliphatic carbocycles. The largest absolute Gasteiger partial charge is 0.493 e. The van der Waals surface area contributed by atoms with E-state index in [0.717, 1.165) is 81.7 Å². The molecule has 5 heteroatoms. The number of nitrogens with zero attached hydrogens (tertiary/aromatic N) is 2. The lowest BCUT2D eigenvalue weighted by atomic mass is 10.0. The number of aryl methyl sites for hydroxylation is 3. The number of carbonyl (C=O) groups excluding carboxylic acids is 1. The Morgan fingerprint density at radius 2 is 1.62 bits per heavy atom. The Balaban J connectivity index is 1.18. The number of benzene rings is 3. The summed E-state index contributed by atoms with van der Waals surface area (Å²) in [6.45, 7) is 6.82. The molecule has 0 unspecified atom stereocenters. The van der Waals surface area contributed by atoms with Gasteiger partial charge in [0, 0.05) is 25.9 Å². The molecule has 3 aromatic carbocycles. The summed E-state index contributed by atoms with van der Waals surface area (Å²) in [6, 6.07) is 27.0. The van der Waals surface area contributed by atoms with Gasteiger partial charge in [0.25, 0.3) is 0 Å². The van der Waals surface area contributed by atoms with Gasteiger partial charge in [-0.3, -0.25) is 4.79 Å². The predicted octanol–water partition coefficient (Wildman–Crippen LogP) is 7.48. The van der Waals surface area contributed by atoms with Crippen molar-refractivity contribution in [1.29, 1.82) is 0 Å². The predicted molar refractivity (Wildman–Crippen MR) is 160 cm³/mol. The van der Waals surface area contributed by atoms with Crippen LogP contribution in [0.4, 0.5) is 0 Å². The van der Waals surface area contributed by atoms with Crippen LogP contribution < -0.4 is 10.1 Å². The summed E-state index contributed by atoms with van der Waals surface area (Å²) in [4.78, 5) is 17.1. The molecular weight excluding hydrogens is 482 g/mol. The molecule has 1 amide bonds. The number of amides is 1. The molecule has 0 spiro atoms. The zero-order valence-electron chi connectivity index (χ0n) is 23.6. The summed E-state index contributed by atoms with van der Waals surface area (Å²) in [5.74, 6) is 2.76. The minimum Gasteiger partial charge on any atom is -0.493 e. The first-order valence-electron chi connectivity index (χ1n) is 14.6. The van der Waals surface area contributed by atoms with Gasteiger partial charge in [-0.2, -0.15) is 0 Å². The molecule has 1 heterocycles. The van der Waals surface area contributed by atoms with E-state index in [-0.39, 0.29) is 5.91 Å². The minimum absolute atomic E-state index is 0.136. The summed E-state index contributed by atoms with van der Waals surface area (Å²) >= 11 is 0. The van der Waals surface area contributed by atoms with Gasteiger partial charge in [-0.15, -0.1) is 0 Å². The zero-order chi connectivity index (χ0) is 27.3. The van der Waals surface area contributed by atoms with Crippen molar-refractivity contribution in [2.24, 2.45) is 0 Å². The maximum absolute atomic E-state index is 12.2. The first-order valence-corrected chi connectivity index (χ1v) is 14.6. The van der Waals surface area contributed by atoms with Crippen molar-refractivity contribution in [1.82, 2.24) is 14.9 Å². The molecule has 4 aromatic rings. The molecule has 4 rings (SSSR count). The molecule has 5 nitrogen and oxygen atoms in total. The molecule has 1 N–H and O–H groups in total. The fourth-order valence-electron chi connectivity index (χ4n) is 5.01. The number of unbranched alkanes of at least 4 members (excludes halogenated alkanes) is 3. The maximum atomic E-state index is 12.2. The SMILES string of the molecule is CC(C)c1ccccc1OCCCCn1c(CCCCCNC(=O)CCc2ccccc2)nc2ccccc21. The van der Waals surface area contributed by atoms with Gasteiger partial charge in [0.1, 0.15) is 11.6 Å². The highest BCUT2D eigenvalue weighted by atomic mass is 16.5. The molecule has 0 aliphatic rings. The highest BCUT2D eigenvalue weighted by Gasteiger charge is 2.11. The summed E-state index contributed by atoms with van der Waals surface area (Å²) in [5.41, 5.74) is 4.76. The van der Waals surface area contributed by atoms with E-state index in [1.165, 1.54) is 16.6 Å². The van der Waals surface area contributed by atoms with Crippen molar-refractivity contribution in [2.75, 3.05) is 13.2 Å². The van der Waals surface area contributed by atoms with Gasteiger partial charge in [0.15, 0.2) is 0 Å². The molecule has 0 fully saturated rings. The second-order valence-corrected chi connectivity index (χ2v) is 10.6. The van der Waals surface area contributed by atoms with Crippen molar-refractivity contribution in [2.45, 2.75) is 77.7 Å². The third kappa shape index (κ3) is 8.71. The maximum Gasteiger partial charge on any atom is 0.220 e. The Kier molecular flexibility index (Phi) is 11.0. The van der Waals surface area contributed by atoms with E-state index in [0.29, 0.717) is 12.3 Å². The number of hydrogen-bond acceptors (Lipinski definition) is 3. The van der Waals surface area contributed by atoms with Crippen LogP contribution in [0.25, 0.3) is 11.0 Å². The van der Waals surface area contributed by atoms with E-state index < -0.39 is 0 Å². The van der Waals surface area contributed by atoms with Crippen LogP contribution in [0.3, 0.4) is 0 Å². The standard InChI is InChI=1S/C34H43N3O2/c1-27(2)29-17-8-11-20-32(29)39-26-14-13-25-37-31-19-10-9-18-30(31)36-33(37)21-7-4-12-24-35-34(38)23-22-28-15-5-3-6-16-28/h3,5-6,8-11,15-20,27H,4,7,12-14,21-26H2,1-2H3,(H,35,38). The lowest BCUT2D eigenvalue weighted by Crippen LogP contribution is -2.24. The van der Waals surface area contributed by atoms with Gasteiger partial charge in [0.05, 0.1) is 17.6 Å². The van der Waals surface area contributed by atoms with E-state index in [1.54, 1.807) is 0 Å². The normalized spacial score (nSPS) is 11.3. The second-order valence-electron chi connectivity index (χ2n) is 10.6. The highest BCUT2D eigenvalue weighted by molar-refractivity contribution is 5.76. The summed E-state index contributed by atoms with van der Waals surface area (Å²) in [6.07, 6.45) is 7.48. The van der Waals surface area contributed by atoms with Crippen LogP contribution in [0.15, 0.2) is 78.9 Å². The molecule has 39 heavy (non-hydrogen) atoms. The molecule has 0 bridgehead atoms. The summed E-state index contributed by atoms with van der Waals surface area (Å²) in [7, 11) is 0. The topological polar surface area (TPSA) is 56.1 Å². The number of fused-ring (bicyclic) bond motifs is 1. The van der Waals surface area contributed by atoms with Crippen LogP contribution in [0.5, 0.6) is 5.75 Å². The molecule has 0 atom stereocenters. The summed E-state index contributed by atoms with van der Waals surface area (Å²) < 4.78 is 8.53. The first kappa shape index (κ1) is 28.4. The van der Waals surface area contributed by atoms with Crippen molar-refractivity contribution < 1.29 is 9.53 Å². The Hall–Kier alpha value is -3.60. The number of carbonyl (C=O) groups is 1. The van der Waals surface area contributed by atoms with Crippen molar-refractivity contribution in [3.8, 4) is 5.75 Å². The van der Waals surface area contributed by atoms with E-state index in [9.17, 15) is 4.79 Å². The van der Waals surface area contributed by atoms with Gasteiger partial charge >= 0.3 is 0 Å². The Labute approximate surface area is 233 Å². The molecule has 0 aliphatic heterocycles. The average Bonchev–Trinajstić information content (AvgIpc) is 3.31. The van der Waals surface area contributed by atoms with E-state index in [4.69, 9.17) is 9.72 Å². The van der Waals surface area contributed by atoms with Crippen LogP contribution in [-0.4, -0.2) is 28.6 Å². The van der Waals surface area contributed by atoms with Crippen LogP contribution in [0.1, 0.15) is 75.2 Å². The lowest BCUT2D eigenvalue weighted by Gasteiger charge is -2.14. The Morgan fingerprint density at radius 3 is 2.46 bits per heavy atom. The number of aromatic nitrogens is 2. The third-order valence-electron chi connectivity index (χ3n) is 7.19. The number of hydrogen-bond donors (Lipinski definition) is 1. The molecular formula is C34H43N3O2. The Bertz CT molecular complexity index is 1300. The van der Waals surface area contributed by atoms with Crippen LogP contribution in [0.2, 0.25) is 0 Å². The Morgan fingerprint density at radius 1 is 0.846 bits per heavy atom. The highest BCUT2D eigenvalue weighted by Crippen LogP contribution is 2.26. The van der Waals surface area contributed by atoms with Gasteiger partial charge in [-0.1, -0.05) is 80.9 Å². The number of ether oxygens (including phenoxy) is 1. The number of nitrogens with one attached hydrogen (secondary N) is 1. The average molecular weight is 526 g/mol. The number of para-hydroxylation sites is 3. The van der Waals surface area contributed by atoms with Crippen LogP contribution in [0, 0.1) is 0 Å². The summed E-state index contributed by atoms with van der Waals surface area (Å²) in [5, 5.41) is 3.07. The van der Waals surface area contributed by atoms with Gasteiger partial charge in [-0.25, -0.2) is 4.98 Å². The van der Waals surface area contributed by atoms with Gasteiger partial charge < -0.3 is 14.6 Å². The number of imidazole rings is 1. The van der Waals surface area contributed by atoms with Crippen LogP contribution in [-0.2, 0) is 24.2 Å².